The highest BCUT2D eigenvalue weighted by molar-refractivity contribution is 7.22. The highest BCUT2D eigenvalue weighted by Crippen LogP contribution is 2.25. The molecule has 0 aliphatic carbocycles. The molecule has 1 aliphatic heterocycles. The number of fused-ring (bicyclic) bond motifs is 1. The number of likely N-dealkylation sites (N-methyl/N-ethyl adjacent to an activating group) is 1. The second-order valence-corrected chi connectivity index (χ2v) is 6.85. The van der Waals surface area contributed by atoms with Crippen LogP contribution in [0.1, 0.15) is 18.9 Å². The van der Waals surface area contributed by atoms with E-state index in [1.165, 1.54) is 29.8 Å². The minimum atomic E-state index is 0.602. The number of hydrogen-bond acceptors (Lipinski definition) is 5. The maximum absolute atomic E-state index is 5.77. The van der Waals surface area contributed by atoms with Crippen molar-refractivity contribution >= 4 is 26.7 Å². The topological polar surface area (TPSA) is 45.4 Å². The van der Waals surface area contributed by atoms with Gasteiger partial charge in [-0.3, -0.25) is 4.90 Å². The van der Waals surface area contributed by atoms with Gasteiger partial charge in [-0.2, -0.15) is 0 Å². The molecule has 3 rings (SSSR count). The molecule has 20 heavy (non-hydrogen) atoms. The van der Waals surface area contributed by atoms with Crippen LogP contribution < -0.4 is 5.73 Å². The quantitative estimate of drug-likeness (QED) is 0.922. The third kappa shape index (κ3) is 2.95. The van der Waals surface area contributed by atoms with Crippen LogP contribution in [0.3, 0.4) is 0 Å². The van der Waals surface area contributed by atoms with Gasteiger partial charge in [0, 0.05) is 25.7 Å². The third-order valence-corrected chi connectivity index (χ3v) is 4.89. The van der Waals surface area contributed by atoms with Crippen molar-refractivity contribution in [2.45, 2.75) is 25.9 Å². The van der Waals surface area contributed by atoms with Crippen molar-refractivity contribution < 1.29 is 0 Å². The molecule has 1 atom stereocenters. The van der Waals surface area contributed by atoms with E-state index in [-0.39, 0.29) is 0 Å². The van der Waals surface area contributed by atoms with Crippen molar-refractivity contribution in [1.29, 1.82) is 0 Å². The molecule has 5 heteroatoms. The zero-order chi connectivity index (χ0) is 14.1. The average molecular weight is 290 g/mol. The van der Waals surface area contributed by atoms with E-state index in [0.29, 0.717) is 11.2 Å². The Kier molecular flexibility index (Phi) is 3.92. The summed E-state index contributed by atoms with van der Waals surface area (Å²) in [4.78, 5) is 9.32. The second kappa shape index (κ2) is 5.68. The summed E-state index contributed by atoms with van der Waals surface area (Å²) < 4.78 is 1.19. The molecule has 0 amide bonds. The molecule has 4 nitrogen and oxygen atoms in total. The molecule has 1 aromatic heterocycles. The van der Waals surface area contributed by atoms with Gasteiger partial charge in [0.1, 0.15) is 0 Å². The molecule has 0 bridgehead atoms. The van der Waals surface area contributed by atoms with E-state index in [4.69, 9.17) is 5.73 Å². The van der Waals surface area contributed by atoms with Crippen LogP contribution in [-0.4, -0.2) is 47.5 Å². The first-order chi connectivity index (χ1) is 9.61. The molecule has 2 aromatic rings. The summed E-state index contributed by atoms with van der Waals surface area (Å²) in [6.07, 6.45) is 1.25. The fourth-order valence-corrected chi connectivity index (χ4v) is 3.77. The maximum atomic E-state index is 5.77. The van der Waals surface area contributed by atoms with Gasteiger partial charge in [0.15, 0.2) is 5.13 Å². The van der Waals surface area contributed by atoms with Crippen LogP contribution in [0, 0.1) is 0 Å². The van der Waals surface area contributed by atoms with Crippen LogP contribution in [-0.2, 0) is 6.54 Å². The minimum absolute atomic E-state index is 0.602. The number of benzene rings is 1. The summed E-state index contributed by atoms with van der Waals surface area (Å²) in [6, 6.07) is 7.12. The lowest BCUT2D eigenvalue weighted by Gasteiger charge is -2.27. The molecule has 1 aromatic carbocycles. The predicted molar refractivity (Wildman–Crippen MR) is 86.0 cm³/mol. The minimum Gasteiger partial charge on any atom is -0.375 e. The van der Waals surface area contributed by atoms with Crippen molar-refractivity contribution in [1.82, 2.24) is 14.8 Å². The SMILES string of the molecule is CC1CN(C)CCCN1Cc1ccc2nc(N)sc2c1. The third-order valence-electron chi connectivity index (χ3n) is 4.04. The monoisotopic (exact) mass is 290 g/mol. The Bertz CT molecular complexity index is 595. The van der Waals surface area contributed by atoms with Crippen molar-refractivity contribution in [2.24, 2.45) is 0 Å². The second-order valence-electron chi connectivity index (χ2n) is 5.79. The van der Waals surface area contributed by atoms with Gasteiger partial charge in [-0.15, -0.1) is 0 Å². The van der Waals surface area contributed by atoms with E-state index in [1.54, 1.807) is 11.3 Å². The Morgan fingerprint density at radius 3 is 3.10 bits per heavy atom. The molecule has 1 fully saturated rings. The van der Waals surface area contributed by atoms with Gasteiger partial charge in [-0.1, -0.05) is 17.4 Å². The summed E-state index contributed by atoms with van der Waals surface area (Å²) in [6.45, 7) is 6.86. The maximum Gasteiger partial charge on any atom is 0.181 e. The summed E-state index contributed by atoms with van der Waals surface area (Å²) in [5.41, 5.74) is 8.15. The lowest BCUT2D eigenvalue weighted by molar-refractivity contribution is 0.194. The Balaban J connectivity index is 1.77. The number of nitrogen functional groups attached to an aromatic ring is 1. The largest absolute Gasteiger partial charge is 0.375 e. The molecule has 2 heterocycles. The highest BCUT2D eigenvalue weighted by atomic mass is 32.1. The summed E-state index contributed by atoms with van der Waals surface area (Å²) in [7, 11) is 2.21. The summed E-state index contributed by atoms with van der Waals surface area (Å²) in [5, 5.41) is 0.655. The van der Waals surface area contributed by atoms with Crippen molar-refractivity contribution in [3.63, 3.8) is 0 Å². The molecule has 0 saturated carbocycles. The van der Waals surface area contributed by atoms with E-state index in [2.05, 4.69) is 47.0 Å². The lowest BCUT2D eigenvalue weighted by Crippen LogP contribution is -2.37. The Morgan fingerprint density at radius 1 is 1.40 bits per heavy atom. The first kappa shape index (κ1) is 13.8. The number of hydrogen-bond donors (Lipinski definition) is 1. The van der Waals surface area contributed by atoms with Crippen LogP contribution in [0.4, 0.5) is 5.13 Å². The molecular formula is C15H22N4S. The molecule has 1 unspecified atom stereocenters. The molecule has 108 valence electrons. The number of anilines is 1. The van der Waals surface area contributed by atoms with Crippen LogP contribution in [0.2, 0.25) is 0 Å². The smallest absolute Gasteiger partial charge is 0.181 e. The van der Waals surface area contributed by atoms with E-state index in [9.17, 15) is 0 Å². The van der Waals surface area contributed by atoms with Gasteiger partial charge in [0.25, 0.3) is 0 Å². The fourth-order valence-electron chi connectivity index (χ4n) is 2.98. The van der Waals surface area contributed by atoms with Crippen LogP contribution in [0.5, 0.6) is 0 Å². The molecular weight excluding hydrogens is 268 g/mol. The Morgan fingerprint density at radius 2 is 2.25 bits per heavy atom. The normalized spacial score (nSPS) is 22.2. The zero-order valence-electron chi connectivity index (χ0n) is 12.2. The van der Waals surface area contributed by atoms with Gasteiger partial charge in [0.05, 0.1) is 10.2 Å². The first-order valence-electron chi connectivity index (χ1n) is 7.19. The van der Waals surface area contributed by atoms with Gasteiger partial charge < -0.3 is 10.6 Å². The van der Waals surface area contributed by atoms with Crippen molar-refractivity contribution in [3.8, 4) is 0 Å². The van der Waals surface area contributed by atoms with Crippen LogP contribution in [0.15, 0.2) is 18.2 Å². The number of thiazole rings is 1. The first-order valence-corrected chi connectivity index (χ1v) is 8.01. The van der Waals surface area contributed by atoms with Crippen molar-refractivity contribution in [3.05, 3.63) is 23.8 Å². The standard InChI is InChI=1S/C15H22N4S/c1-11-9-18(2)6-3-7-19(11)10-12-4-5-13-14(8-12)20-15(16)17-13/h4-5,8,11H,3,6-7,9-10H2,1-2H3,(H2,16,17). The molecule has 1 saturated heterocycles. The van der Waals surface area contributed by atoms with Gasteiger partial charge in [-0.05, 0) is 44.6 Å². The van der Waals surface area contributed by atoms with Crippen molar-refractivity contribution in [2.75, 3.05) is 32.4 Å². The number of aromatic nitrogens is 1. The Labute approximate surface area is 124 Å². The fraction of sp³-hybridized carbons (Fsp3) is 0.533. The van der Waals surface area contributed by atoms with E-state index >= 15 is 0 Å². The summed E-state index contributed by atoms with van der Waals surface area (Å²) in [5.74, 6) is 0. The number of nitrogens with zero attached hydrogens (tertiary/aromatic N) is 3. The van der Waals surface area contributed by atoms with Crippen LogP contribution in [0.25, 0.3) is 10.2 Å². The summed E-state index contributed by atoms with van der Waals surface area (Å²) >= 11 is 1.57. The van der Waals surface area contributed by atoms with E-state index in [1.807, 2.05) is 0 Å². The van der Waals surface area contributed by atoms with Gasteiger partial charge in [0.2, 0.25) is 0 Å². The molecule has 0 spiro atoms. The highest BCUT2D eigenvalue weighted by Gasteiger charge is 2.19. The van der Waals surface area contributed by atoms with Gasteiger partial charge >= 0.3 is 0 Å². The van der Waals surface area contributed by atoms with E-state index < -0.39 is 0 Å². The molecule has 1 aliphatic rings. The molecule has 0 radical (unpaired) electrons. The van der Waals surface area contributed by atoms with Crippen LogP contribution >= 0.6 is 11.3 Å². The molecule has 2 N–H and O–H groups in total. The predicted octanol–water partition coefficient (Wildman–Crippen LogP) is 2.40. The zero-order valence-corrected chi connectivity index (χ0v) is 13.0. The average Bonchev–Trinajstić information content (AvgIpc) is 2.68. The number of rotatable bonds is 2. The van der Waals surface area contributed by atoms with E-state index in [0.717, 1.165) is 18.6 Å². The lowest BCUT2D eigenvalue weighted by atomic mass is 10.1. The van der Waals surface area contributed by atoms with Gasteiger partial charge in [-0.25, -0.2) is 4.98 Å². The number of nitrogens with two attached hydrogens (primary N) is 1. The Hall–Kier alpha value is -1.17.